The molecule has 0 aliphatic carbocycles. The molecule has 3 aromatic rings. The van der Waals surface area contributed by atoms with Crippen LogP contribution in [0.25, 0.3) is 21.9 Å². The van der Waals surface area contributed by atoms with Gasteiger partial charge in [-0.2, -0.15) is 0 Å². The summed E-state index contributed by atoms with van der Waals surface area (Å²) in [5.41, 5.74) is -0.397. The first-order chi connectivity index (χ1) is 15.2. The van der Waals surface area contributed by atoms with Gasteiger partial charge in [-0.15, -0.1) is 0 Å². The summed E-state index contributed by atoms with van der Waals surface area (Å²) < 4.78 is 22.1. The zero-order valence-corrected chi connectivity index (χ0v) is 17.1. The second-order valence-electron chi connectivity index (χ2n) is 7.53. The van der Waals surface area contributed by atoms with Gasteiger partial charge < -0.3 is 49.3 Å². The fourth-order valence-corrected chi connectivity index (χ4v) is 3.74. The normalized spacial score (nSPS) is 25.9. The van der Waals surface area contributed by atoms with E-state index in [9.17, 15) is 35.4 Å². The number of hydrogen-bond donors (Lipinski definition) is 6. The van der Waals surface area contributed by atoms with Crippen LogP contribution in [-0.2, 0) is 4.74 Å². The molecule has 4 rings (SSSR count). The van der Waals surface area contributed by atoms with Crippen LogP contribution in [0.4, 0.5) is 0 Å². The lowest BCUT2D eigenvalue weighted by Gasteiger charge is -2.39. The van der Waals surface area contributed by atoms with Gasteiger partial charge >= 0.3 is 0 Å². The third-order valence-corrected chi connectivity index (χ3v) is 5.38. The van der Waals surface area contributed by atoms with Crippen LogP contribution >= 0.6 is 0 Å². The van der Waals surface area contributed by atoms with Gasteiger partial charge in [0.25, 0.3) is 0 Å². The Balaban J connectivity index is 1.94. The van der Waals surface area contributed by atoms with Gasteiger partial charge in [0.15, 0.2) is 11.3 Å². The number of phenolic OH excluding ortho intramolecular Hbond substituents is 2. The zero-order chi connectivity index (χ0) is 23.3. The predicted octanol–water partition coefficient (Wildman–Crippen LogP) is -0.147. The van der Waals surface area contributed by atoms with Crippen LogP contribution in [0, 0.1) is 6.92 Å². The van der Waals surface area contributed by atoms with E-state index in [0.29, 0.717) is 5.56 Å². The molecule has 0 saturated carbocycles. The minimum Gasteiger partial charge on any atom is -0.507 e. The second-order valence-corrected chi connectivity index (χ2v) is 7.53. The van der Waals surface area contributed by atoms with Crippen LogP contribution in [0.5, 0.6) is 23.0 Å². The molecule has 0 amide bonds. The molecule has 1 fully saturated rings. The van der Waals surface area contributed by atoms with Gasteiger partial charge in [0.1, 0.15) is 52.3 Å². The lowest BCUT2D eigenvalue weighted by molar-refractivity contribution is -0.277. The molecular weight excluding hydrogens is 428 g/mol. The van der Waals surface area contributed by atoms with Crippen molar-refractivity contribution in [2.24, 2.45) is 0 Å². The molecule has 2 heterocycles. The van der Waals surface area contributed by atoms with Crippen molar-refractivity contribution in [2.75, 3.05) is 13.7 Å². The van der Waals surface area contributed by atoms with Crippen LogP contribution in [0.1, 0.15) is 5.56 Å². The van der Waals surface area contributed by atoms with E-state index in [4.69, 9.17) is 18.6 Å². The molecule has 32 heavy (non-hydrogen) atoms. The van der Waals surface area contributed by atoms with Crippen LogP contribution in [-0.4, -0.2) is 75.1 Å². The molecule has 1 aliphatic rings. The van der Waals surface area contributed by atoms with E-state index in [2.05, 4.69) is 0 Å². The van der Waals surface area contributed by atoms with Crippen molar-refractivity contribution in [3.05, 3.63) is 34.0 Å². The Labute approximate surface area is 180 Å². The van der Waals surface area contributed by atoms with Gasteiger partial charge in [-0.25, -0.2) is 0 Å². The molecule has 0 bridgehead atoms. The predicted molar refractivity (Wildman–Crippen MR) is 109 cm³/mol. The van der Waals surface area contributed by atoms with Crippen LogP contribution in [0.2, 0.25) is 0 Å². The van der Waals surface area contributed by atoms with Crippen molar-refractivity contribution in [1.82, 2.24) is 0 Å². The van der Waals surface area contributed by atoms with E-state index in [1.165, 1.54) is 19.2 Å². The van der Waals surface area contributed by atoms with Crippen molar-refractivity contribution in [1.29, 1.82) is 0 Å². The first-order valence-corrected chi connectivity index (χ1v) is 9.65. The quantitative estimate of drug-likeness (QED) is 0.291. The number of ether oxygens (including phenoxy) is 3. The maximum atomic E-state index is 13.1. The number of fused-ring (bicyclic) bond motifs is 2. The highest BCUT2D eigenvalue weighted by atomic mass is 16.7. The summed E-state index contributed by atoms with van der Waals surface area (Å²) in [4.78, 5) is 13.1. The fraction of sp³-hybridized carbons (Fsp3) is 0.381. The van der Waals surface area contributed by atoms with Crippen LogP contribution in [0.3, 0.4) is 0 Å². The number of hydrogen-bond acceptors (Lipinski definition) is 11. The molecule has 11 nitrogen and oxygen atoms in total. The van der Waals surface area contributed by atoms with E-state index in [1.807, 2.05) is 0 Å². The summed E-state index contributed by atoms with van der Waals surface area (Å²) in [6, 6.07) is 3.96. The number of aromatic hydroxyl groups is 2. The van der Waals surface area contributed by atoms with Crippen molar-refractivity contribution >= 4 is 21.9 Å². The molecule has 0 unspecified atom stereocenters. The van der Waals surface area contributed by atoms with Crippen molar-refractivity contribution < 1.29 is 49.3 Å². The van der Waals surface area contributed by atoms with Gasteiger partial charge in [0.05, 0.1) is 13.7 Å². The van der Waals surface area contributed by atoms with Gasteiger partial charge in [-0.1, -0.05) is 0 Å². The highest BCUT2D eigenvalue weighted by Gasteiger charge is 2.45. The first kappa shape index (κ1) is 22.1. The molecule has 6 N–H and O–H groups in total. The summed E-state index contributed by atoms with van der Waals surface area (Å²) in [6.45, 7) is 1.01. The molecule has 172 valence electrons. The average molecular weight is 450 g/mol. The Morgan fingerprint density at radius 2 is 1.69 bits per heavy atom. The monoisotopic (exact) mass is 450 g/mol. The van der Waals surface area contributed by atoms with Crippen LogP contribution in [0.15, 0.2) is 27.4 Å². The summed E-state index contributed by atoms with van der Waals surface area (Å²) >= 11 is 0. The molecule has 11 heteroatoms. The largest absolute Gasteiger partial charge is 0.507 e. The van der Waals surface area contributed by atoms with E-state index in [0.717, 1.165) is 6.07 Å². The number of phenols is 2. The highest BCUT2D eigenvalue weighted by Crippen LogP contribution is 2.43. The van der Waals surface area contributed by atoms with Gasteiger partial charge in [0, 0.05) is 6.07 Å². The maximum absolute atomic E-state index is 13.1. The SMILES string of the molecule is COc1cc(O)c2c(=O)c3c(O)cc(C)cc3oc2c1O[C@@H]1O[C@H](CO)[C@@H](O)[C@H](O)[C@H]1O. The molecule has 1 aliphatic heterocycles. The lowest BCUT2D eigenvalue weighted by atomic mass is 9.99. The average Bonchev–Trinajstić information content (AvgIpc) is 2.74. The number of benzene rings is 2. The number of aliphatic hydroxyl groups is 4. The molecular formula is C21H22O11. The van der Waals surface area contributed by atoms with E-state index < -0.39 is 48.5 Å². The molecule has 2 aromatic carbocycles. The summed E-state index contributed by atoms with van der Waals surface area (Å²) in [6.07, 6.45) is -7.87. The third-order valence-electron chi connectivity index (χ3n) is 5.38. The van der Waals surface area contributed by atoms with Gasteiger partial charge in [-0.05, 0) is 24.6 Å². The fourth-order valence-electron chi connectivity index (χ4n) is 3.74. The third kappa shape index (κ3) is 3.40. The number of rotatable bonds is 4. The maximum Gasteiger partial charge on any atom is 0.229 e. The molecule has 0 radical (unpaired) electrons. The summed E-state index contributed by atoms with van der Waals surface area (Å²) in [7, 11) is 1.26. The molecule has 0 spiro atoms. The van der Waals surface area contributed by atoms with Crippen molar-refractivity contribution in [3.63, 3.8) is 0 Å². The Bertz CT molecular complexity index is 1230. The second kappa shape index (κ2) is 8.11. The Kier molecular flexibility index (Phi) is 5.61. The van der Waals surface area contributed by atoms with E-state index in [1.54, 1.807) is 6.92 Å². The Morgan fingerprint density at radius 1 is 1.00 bits per heavy atom. The minimum absolute atomic E-state index is 0.00584. The Morgan fingerprint density at radius 3 is 2.34 bits per heavy atom. The van der Waals surface area contributed by atoms with Crippen LogP contribution < -0.4 is 14.9 Å². The first-order valence-electron chi connectivity index (χ1n) is 9.65. The van der Waals surface area contributed by atoms with Gasteiger partial charge in [-0.3, -0.25) is 4.79 Å². The highest BCUT2D eigenvalue weighted by molar-refractivity contribution is 5.99. The van der Waals surface area contributed by atoms with Gasteiger partial charge in [0.2, 0.25) is 17.5 Å². The summed E-state index contributed by atoms with van der Waals surface area (Å²) in [5, 5.41) is 59.9. The smallest absolute Gasteiger partial charge is 0.229 e. The zero-order valence-electron chi connectivity index (χ0n) is 17.1. The molecule has 1 saturated heterocycles. The van der Waals surface area contributed by atoms with Crippen molar-refractivity contribution in [3.8, 4) is 23.0 Å². The molecule has 1 aromatic heterocycles. The summed E-state index contributed by atoms with van der Waals surface area (Å²) in [5.74, 6) is -1.17. The number of aryl methyl sites for hydroxylation is 1. The number of aliphatic hydroxyl groups excluding tert-OH is 4. The lowest BCUT2D eigenvalue weighted by Crippen LogP contribution is -2.60. The Hall–Kier alpha value is -3.09. The van der Waals surface area contributed by atoms with E-state index >= 15 is 0 Å². The number of methoxy groups -OCH3 is 1. The topological polar surface area (TPSA) is 179 Å². The minimum atomic E-state index is -1.74. The van der Waals surface area contributed by atoms with Crippen molar-refractivity contribution in [2.45, 2.75) is 37.6 Å². The van der Waals surface area contributed by atoms with E-state index in [-0.39, 0.29) is 39.2 Å². The standard InChI is InChI=1S/C21H22O11/c1-7-3-8(23)13-10(4-7)30-20-14(16(13)26)9(24)5-11(29-2)19(20)32-21-18(28)17(27)15(25)12(6-22)31-21/h3-5,12,15,17-18,21-25,27-28H,6H2,1-2H3/t12-,15-,17+,18-,21+/m1/s1. The molecule has 5 atom stereocenters.